The Bertz CT molecular complexity index is 314. The van der Waals surface area contributed by atoms with Gasteiger partial charge in [0.05, 0.1) is 4.88 Å². The number of carbonyl (C=O) groups is 1. The van der Waals surface area contributed by atoms with Gasteiger partial charge >= 0.3 is 0 Å². The van der Waals surface area contributed by atoms with Crippen molar-refractivity contribution >= 4 is 17.2 Å². The third-order valence-electron chi connectivity index (χ3n) is 2.28. The van der Waals surface area contributed by atoms with E-state index in [1.54, 1.807) is 11.3 Å². The topological polar surface area (TPSA) is 41.1 Å². The van der Waals surface area contributed by atoms with Gasteiger partial charge in [0, 0.05) is 11.4 Å². The fourth-order valence-corrected chi connectivity index (χ4v) is 2.19. The average Bonchev–Trinajstić information content (AvgIpc) is 2.54. The van der Waals surface area contributed by atoms with Gasteiger partial charge in [0.25, 0.3) is 5.91 Å². The van der Waals surface area contributed by atoms with E-state index in [9.17, 15) is 4.79 Å². The number of aryl methyl sites for hydroxylation is 2. The van der Waals surface area contributed by atoms with Gasteiger partial charge in [0.15, 0.2) is 0 Å². The molecule has 0 saturated heterocycles. The molecule has 4 heteroatoms. The normalized spacial score (nSPS) is 10.3. The Hall–Kier alpha value is -0.870. The molecule has 0 saturated carbocycles. The second-order valence-electron chi connectivity index (χ2n) is 3.56. The van der Waals surface area contributed by atoms with Crippen LogP contribution in [0.3, 0.4) is 0 Å². The van der Waals surface area contributed by atoms with E-state index >= 15 is 0 Å². The van der Waals surface area contributed by atoms with Crippen molar-refractivity contribution in [2.75, 3.05) is 20.1 Å². The van der Waals surface area contributed by atoms with Crippen molar-refractivity contribution in [3.63, 3.8) is 0 Å². The molecule has 0 fully saturated rings. The average molecular weight is 226 g/mol. The summed E-state index contributed by atoms with van der Waals surface area (Å²) >= 11 is 1.56. The molecular weight excluding hydrogens is 208 g/mol. The number of rotatable bonds is 5. The molecule has 15 heavy (non-hydrogen) atoms. The predicted molar refractivity (Wildman–Crippen MR) is 64.7 cm³/mol. The Kier molecular flexibility index (Phi) is 4.78. The summed E-state index contributed by atoms with van der Waals surface area (Å²) in [5.74, 6) is 0.0484. The molecule has 1 heterocycles. The van der Waals surface area contributed by atoms with Gasteiger partial charge in [-0.15, -0.1) is 11.3 Å². The van der Waals surface area contributed by atoms with Gasteiger partial charge in [0.1, 0.15) is 0 Å². The van der Waals surface area contributed by atoms with Crippen LogP contribution in [0.5, 0.6) is 0 Å². The van der Waals surface area contributed by atoms with Crippen molar-refractivity contribution in [1.29, 1.82) is 0 Å². The summed E-state index contributed by atoms with van der Waals surface area (Å²) < 4.78 is 0. The van der Waals surface area contributed by atoms with Crippen LogP contribution in [0.2, 0.25) is 0 Å². The minimum atomic E-state index is 0.0484. The summed E-state index contributed by atoms with van der Waals surface area (Å²) in [4.78, 5) is 13.7. The lowest BCUT2D eigenvalue weighted by atomic mass is 10.3. The molecular formula is C11H18N2OS. The highest BCUT2D eigenvalue weighted by molar-refractivity contribution is 7.14. The lowest BCUT2D eigenvalue weighted by Crippen LogP contribution is -2.25. The van der Waals surface area contributed by atoms with Gasteiger partial charge < -0.3 is 10.6 Å². The van der Waals surface area contributed by atoms with Crippen LogP contribution < -0.4 is 10.6 Å². The van der Waals surface area contributed by atoms with E-state index in [0.717, 1.165) is 24.4 Å². The Labute approximate surface area is 94.9 Å². The van der Waals surface area contributed by atoms with Crippen LogP contribution in [-0.4, -0.2) is 26.0 Å². The smallest absolute Gasteiger partial charge is 0.261 e. The maximum atomic E-state index is 11.7. The van der Waals surface area contributed by atoms with Gasteiger partial charge in [-0.2, -0.15) is 0 Å². The highest BCUT2D eigenvalue weighted by Crippen LogP contribution is 2.20. The standard InChI is InChI=1S/C11H18N2OS/c1-8-7-10(15-9(8)2)11(14)13-6-4-5-12-3/h7,12H,4-6H2,1-3H3,(H,13,14). The molecule has 3 nitrogen and oxygen atoms in total. The molecule has 0 aromatic carbocycles. The first-order chi connectivity index (χ1) is 7.15. The first kappa shape index (κ1) is 12.2. The van der Waals surface area contributed by atoms with Gasteiger partial charge in [-0.3, -0.25) is 4.79 Å². The van der Waals surface area contributed by atoms with Crippen molar-refractivity contribution in [1.82, 2.24) is 10.6 Å². The minimum Gasteiger partial charge on any atom is -0.351 e. The van der Waals surface area contributed by atoms with Crippen LogP contribution in [0, 0.1) is 13.8 Å². The first-order valence-electron chi connectivity index (χ1n) is 5.15. The summed E-state index contributed by atoms with van der Waals surface area (Å²) in [6.45, 7) is 5.74. The number of thiophene rings is 1. The van der Waals surface area contributed by atoms with Gasteiger partial charge in [-0.1, -0.05) is 0 Å². The molecule has 1 aromatic heterocycles. The van der Waals surface area contributed by atoms with Crippen LogP contribution in [-0.2, 0) is 0 Å². The molecule has 0 spiro atoms. The van der Waals surface area contributed by atoms with Gasteiger partial charge in [-0.25, -0.2) is 0 Å². The second kappa shape index (κ2) is 5.88. The van der Waals surface area contributed by atoms with Crippen LogP contribution in [0.15, 0.2) is 6.07 Å². The van der Waals surface area contributed by atoms with Gasteiger partial charge in [0.2, 0.25) is 0 Å². The number of hydrogen-bond acceptors (Lipinski definition) is 3. The fourth-order valence-electron chi connectivity index (χ4n) is 1.24. The molecule has 0 bridgehead atoms. The molecule has 84 valence electrons. The Balaban J connectivity index is 2.40. The highest BCUT2D eigenvalue weighted by atomic mass is 32.1. The Morgan fingerprint density at radius 1 is 1.40 bits per heavy atom. The zero-order valence-electron chi connectivity index (χ0n) is 9.52. The summed E-state index contributed by atoms with van der Waals surface area (Å²) in [5.41, 5.74) is 1.19. The SMILES string of the molecule is CNCCCNC(=O)c1cc(C)c(C)s1. The number of hydrogen-bond donors (Lipinski definition) is 2. The van der Waals surface area contributed by atoms with E-state index in [-0.39, 0.29) is 5.91 Å². The second-order valence-corrected chi connectivity index (χ2v) is 4.82. The molecule has 0 radical (unpaired) electrons. The van der Waals surface area contributed by atoms with Crippen molar-refractivity contribution in [2.24, 2.45) is 0 Å². The summed E-state index contributed by atoms with van der Waals surface area (Å²) in [6.07, 6.45) is 0.964. The van der Waals surface area contributed by atoms with Crippen molar-refractivity contribution in [3.8, 4) is 0 Å². The van der Waals surface area contributed by atoms with E-state index in [4.69, 9.17) is 0 Å². The Morgan fingerprint density at radius 2 is 2.13 bits per heavy atom. The van der Waals surface area contributed by atoms with E-state index in [1.165, 1.54) is 10.4 Å². The van der Waals surface area contributed by atoms with Crippen molar-refractivity contribution < 1.29 is 4.79 Å². The summed E-state index contributed by atoms with van der Waals surface area (Å²) in [5, 5.41) is 5.95. The third-order valence-corrected chi connectivity index (χ3v) is 3.43. The van der Waals surface area contributed by atoms with Gasteiger partial charge in [-0.05, 0) is 45.5 Å². The summed E-state index contributed by atoms with van der Waals surface area (Å²) in [6, 6.07) is 1.95. The maximum Gasteiger partial charge on any atom is 0.261 e. The molecule has 2 N–H and O–H groups in total. The molecule has 0 aliphatic carbocycles. The molecule has 0 atom stereocenters. The van der Waals surface area contributed by atoms with E-state index < -0.39 is 0 Å². The predicted octanol–water partition coefficient (Wildman–Crippen LogP) is 1.70. The van der Waals surface area contributed by atoms with Crippen molar-refractivity contribution in [3.05, 3.63) is 21.4 Å². The molecule has 0 aliphatic heterocycles. The van der Waals surface area contributed by atoms with E-state index in [2.05, 4.69) is 10.6 Å². The fraction of sp³-hybridized carbons (Fsp3) is 0.545. The molecule has 1 rings (SSSR count). The molecule has 0 unspecified atom stereocenters. The van der Waals surface area contributed by atoms with E-state index in [0.29, 0.717) is 0 Å². The van der Waals surface area contributed by atoms with Crippen LogP contribution in [0.4, 0.5) is 0 Å². The molecule has 1 amide bonds. The monoisotopic (exact) mass is 226 g/mol. The molecule has 0 aliphatic rings. The van der Waals surface area contributed by atoms with Crippen molar-refractivity contribution in [2.45, 2.75) is 20.3 Å². The number of carbonyl (C=O) groups excluding carboxylic acids is 1. The van der Waals surface area contributed by atoms with E-state index in [1.807, 2.05) is 27.0 Å². The highest BCUT2D eigenvalue weighted by Gasteiger charge is 2.09. The number of amides is 1. The lowest BCUT2D eigenvalue weighted by Gasteiger charge is -2.02. The van der Waals surface area contributed by atoms with Crippen LogP contribution in [0.1, 0.15) is 26.5 Å². The maximum absolute atomic E-state index is 11.7. The molecule has 1 aromatic rings. The number of nitrogens with one attached hydrogen (secondary N) is 2. The first-order valence-corrected chi connectivity index (χ1v) is 5.96. The minimum absolute atomic E-state index is 0.0484. The van der Waals surface area contributed by atoms with Crippen LogP contribution in [0.25, 0.3) is 0 Å². The lowest BCUT2D eigenvalue weighted by molar-refractivity contribution is 0.0957. The Morgan fingerprint density at radius 3 is 2.67 bits per heavy atom. The zero-order chi connectivity index (χ0) is 11.3. The zero-order valence-corrected chi connectivity index (χ0v) is 10.3. The quantitative estimate of drug-likeness (QED) is 0.750. The van der Waals surface area contributed by atoms with Crippen LogP contribution >= 0.6 is 11.3 Å². The summed E-state index contributed by atoms with van der Waals surface area (Å²) in [7, 11) is 1.91. The largest absolute Gasteiger partial charge is 0.351 e. The third kappa shape index (κ3) is 3.64.